The van der Waals surface area contributed by atoms with Crippen LogP contribution < -0.4 is 10.5 Å². The molecule has 1 aromatic heterocycles. The van der Waals surface area contributed by atoms with Gasteiger partial charge in [0.1, 0.15) is 0 Å². The summed E-state index contributed by atoms with van der Waals surface area (Å²) in [6.07, 6.45) is 0.422. The minimum Gasteiger partial charge on any atom is -0.305 e. The molecule has 0 fully saturated rings. The summed E-state index contributed by atoms with van der Waals surface area (Å²) < 4.78 is 21.8. The lowest BCUT2D eigenvalue weighted by Crippen LogP contribution is -2.11. The summed E-state index contributed by atoms with van der Waals surface area (Å²) in [5, 5.41) is 7.36. The van der Waals surface area contributed by atoms with Gasteiger partial charge in [0, 0.05) is 0 Å². The summed E-state index contributed by atoms with van der Waals surface area (Å²) in [5.41, 5.74) is 0.289. The van der Waals surface area contributed by atoms with E-state index >= 15 is 0 Å². The Labute approximate surface area is 78.8 Å². The average molecular weight is 221 g/mol. The number of nitrogens with zero attached hydrogens (tertiary/aromatic N) is 1. The van der Waals surface area contributed by atoms with Crippen molar-refractivity contribution in [3.63, 3.8) is 0 Å². The molecule has 8 heteroatoms. The molecule has 1 heterocycles. The second-order valence-electron chi connectivity index (χ2n) is 2.20. The predicted molar refractivity (Wildman–Crippen MR) is 47.9 cm³/mol. The zero-order valence-corrected chi connectivity index (χ0v) is 8.28. The van der Waals surface area contributed by atoms with Crippen LogP contribution in [0.25, 0.3) is 0 Å². The maximum atomic E-state index is 10.9. The van der Waals surface area contributed by atoms with E-state index in [9.17, 15) is 13.2 Å². The Kier molecular flexibility index (Phi) is 2.64. The van der Waals surface area contributed by atoms with Crippen LogP contribution in [0, 0.1) is 6.92 Å². The van der Waals surface area contributed by atoms with Gasteiger partial charge in [-0.1, -0.05) is 11.3 Å². The van der Waals surface area contributed by atoms with E-state index in [0.717, 1.165) is 11.3 Å². The van der Waals surface area contributed by atoms with E-state index in [1.807, 2.05) is 0 Å². The highest BCUT2D eigenvalue weighted by Crippen LogP contribution is 2.25. The minimum atomic E-state index is -3.73. The minimum absolute atomic E-state index is 0.0307. The lowest BCUT2D eigenvalue weighted by Gasteiger charge is -1.90. The molecule has 0 aliphatic carbocycles. The van der Waals surface area contributed by atoms with Gasteiger partial charge in [-0.15, -0.1) is 0 Å². The maximum absolute atomic E-state index is 10.9. The van der Waals surface area contributed by atoms with Gasteiger partial charge >= 0.3 is 0 Å². The quantitative estimate of drug-likeness (QED) is 0.682. The summed E-state index contributed by atoms with van der Waals surface area (Å²) in [6, 6.07) is 0. The van der Waals surface area contributed by atoms with E-state index in [-0.39, 0.29) is 15.0 Å². The zero-order valence-electron chi connectivity index (χ0n) is 6.64. The third-order valence-electron chi connectivity index (χ3n) is 1.19. The Morgan fingerprint density at radius 2 is 2.23 bits per heavy atom. The molecule has 0 unspecified atom stereocenters. The molecule has 0 aromatic carbocycles. The van der Waals surface area contributed by atoms with E-state index in [2.05, 4.69) is 10.3 Å². The fourth-order valence-electron chi connectivity index (χ4n) is 0.759. The number of aromatic nitrogens is 1. The summed E-state index contributed by atoms with van der Waals surface area (Å²) in [6.45, 7) is 1.51. The number of nitrogens with two attached hydrogens (primary N) is 1. The van der Waals surface area contributed by atoms with E-state index in [4.69, 9.17) is 5.14 Å². The van der Waals surface area contributed by atoms with Gasteiger partial charge in [-0.2, -0.15) is 0 Å². The van der Waals surface area contributed by atoms with Crippen LogP contribution in [-0.2, 0) is 14.8 Å². The SMILES string of the molecule is Cc1nc(NC=O)sc1S(N)(=O)=O. The topological polar surface area (TPSA) is 102 Å². The molecule has 0 aliphatic heterocycles. The number of anilines is 1. The van der Waals surface area contributed by atoms with Crippen LogP contribution >= 0.6 is 11.3 Å². The number of nitrogens with one attached hydrogen (secondary N) is 1. The molecule has 72 valence electrons. The fourth-order valence-corrected chi connectivity index (χ4v) is 2.58. The van der Waals surface area contributed by atoms with Crippen LogP contribution in [0.5, 0.6) is 0 Å². The van der Waals surface area contributed by atoms with Crippen molar-refractivity contribution in [3.8, 4) is 0 Å². The first-order valence-corrected chi connectivity index (χ1v) is 5.52. The first kappa shape index (κ1) is 10.1. The third kappa shape index (κ3) is 2.23. The van der Waals surface area contributed by atoms with Crippen LogP contribution in [-0.4, -0.2) is 19.8 Å². The fraction of sp³-hybridized carbons (Fsp3) is 0.200. The van der Waals surface area contributed by atoms with Crippen LogP contribution in [0.2, 0.25) is 0 Å². The molecule has 0 aliphatic rings. The second kappa shape index (κ2) is 3.40. The van der Waals surface area contributed by atoms with Crippen LogP contribution in [0.15, 0.2) is 4.21 Å². The highest BCUT2D eigenvalue weighted by Gasteiger charge is 2.16. The predicted octanol–water partition coefficient (Wildman–Crippen LogP) is -0.333. The Morgan fingerprint density at radius 1 is 1.62 bits per heavy atom. The van der Waals surface area contributed by atoms with Gasteiger partial charge in [0.05, 0.1) is 5.69 Å². The van der Waals surface area contributed by atoms with E-state index < -0.39 is 10.0 Å². The number of rotatable bonds is 3. The Hall–Kier alpha value is -0.990. The lowest BCUT2D eigenvalue weighted by molar-refractivity contribution is -0.105. The highest BCUT2D eigenvalue weighted by atomic mass is 32.2. The van der Waals surface area contributed by atoms with Gasteiger partial charge in [-0.25, -0.2) is 18.5 Å². The number of carbonyl (C=O) groups is 1. The molecule has 0 atom stereocenters. The molecule has 1 amide bonds. The number of primary sulfonamides is 1. The maximum Gasteiger partial charge on any atom is 0.249 e. The smallest absolute Gasteiger partial charge is 0.249 e. The molecule has 13 heavy (non-hydrogen) atoms. The molecule has 1 aromatic rings. The zero-order chi connectivity index (χ0) is 10.1. The highest BCUT2D eigenvalue weighted by molar-refractivity contribution is 7.91. The van der Waals surface area contributed by atoms with E-state index in [1.165, 1.54) is 6.92 Å². The molecule has 6 nitrogen and oxygen atoms in total. The molecule has 0 radical (unpaired) electrons. The molecule has 0 saturated heterocycles. The first-order valence-electron chi connectivity index (χ1n) is 3.15. The van der Waals surface area contributed by atoms with E-state index in [1.54, 1.807) is 0 Å². The number of sulfonamides is 1. The first-order chi connectivity index (χ1) is 5.95. The van der Waals surface area contributed by atoms with Crippen molar-refractivity contribution in [3.05, 3.63) is 5.69 Å². The Balaban J connectivity index is 3.18. The Bertz CT molecular complexity index is 422. The van der Waals surface area contributed by atoms with Gasteiger partial charge in [-0.05, 0) is 6.92 Å². The summed E-state index contributed by atoms with van der Waals surface area (Å²) >= 11 is 0.825. The molecule has 0 saturated carbocycles. The number of carbonyl (C=O) groups excluding carboxylic acids is 1. The number of hydrogen-bond acceptors (Lipinski definition) is 5. The van der Waals surface area contributed by atoms with Gasteiger partial charge in [-0.3, -0.25) is 4.79 Å². The van der Waals surface area contributed by atoms with Gasteiger partial charge in [0.15, 0.2) is 9.34 Å². The molecule has 0 bridgehead atoms. The van der Waals surface area contributed by atoms with E-state index in [0.29, 0.717) is 6.41 Å². The number of thiazole rings is 1. The van der Waals surface area contributed by atoms with Crippen molar-refractivity contribution >= 4 is 32.9 Å². The lowest BCUT2D eigenvalue weighted by atomic mass is 10.6. The molecular weight excluding hydrogens is 214 g/mol. The van der Waals surface area contributed by atoms with Crippen molar-refractivity contribution < 1.29 is 13.2 Å². The standard InChI is InChI=1S/C5H7N3O3S2/c1-3-4(13(6,10)11)12-5(8-3)7-2-9/h2H,1H3,(H2,6,10,11)(H,7,8,9). The summed E-state index contributed by atoms with van der Waals surface area (Å²) in [7, 11) is -3.73. The van der Waals surface area contributed by atoms with Gasteiger partial charge < -0.3 is 5.32 Å². The number of hydrogen-bond donors (Lipinski definition) is 2. The van der Waals surface area contributed by atoms with Crippen LogP contribution in [0.1, 0.15) is 5.69 Å². The normalized spacial score (nSPS) is 11.2. The van der Waals surface area contributed by atoms with Crippen LogP contribution in [0.3, 0.4) is 0 Å². The molecule has 0 spiro atoms. The van der Waals surface area contributed by atoms with Gasteiger partial charge in [0.25, 0.3) is 0 Å². The monoisotopic (exact) mass is 221 g/mol. The van der Waals surface area contributed by atoms with Crippen molar-refractivity contribution in [2.45, 2.75) is 11.1 Å². The summed E-state index contributed by atoms with van der Waals surface area (Å²) in [4.78, 5) is 13.8. The average Bonchev–Trinajstić information content (AvgIpc) is 2.30. The third-order valence-corrected chi connectivity index (χ3v) is 3.84. The van der Waals surface area contributed by atoms with Crippen LogP contribution in [0.4, 0.5) is 5.13 Å². The van der Waals surface area contributed by atoms with Crippen molar-refractivity contribution in [1.82, 2.24) is 4.98 Å². The van der Waals surface area contributed by atoms with Crippen molar-refractivity contribution in [1.29, 1.82) is 0 Å². The van der Waals surface area contributed by atoms with Crippen molar-refractivity contribution in [2.75, 3.05) is 5.32 Å². The molecule has 1 rings (SSSR count). The largest absolute Gasteiger partial charge is 0.305 e. The molecule has 3 N–H and O–H groups in total. The Morgan fingerprint density at radius 3 is 2.62 bits per heavy atom. The number of amides is 1. The van der Waals surface area contributed by atoms with Gasteiger partial charge in [0.2, 0.25) is 16.4 Å². The molecular formula is C5H7N3O3S2. The van der Waals surface area contributed by atoms with Crippen molar-refractivity contribution in [2.24, 2.45) is 5.14 Å². The second-order valence-corrected chi connectivity index (χ2v) is 4.95. The summed E-state index contributed by atoms with van der Waals surface area (Å²) in [5.74, 6) is 0. The number of aryl methyl sites for hydroxylation is 1.